The van der Waals surface area contributed by atoms with E-state index in [0.717, 1.165) is 26.2 Å². The summed E-state index contributed by atoms with van der Waals surface area (Å²) >= 11 is 0. The second-order valence-corrected chi connectivity index (χ2v) is 7.54. The van der Waals surface area contributed by atoms with Gasteiger partial charge in [-0.15, -0.1) is 0 Å². The minimum atomic E-state index is -1.32. The molecule has 0 saturated carbocycles. The molecule has 2 aliphatic rings. The molecule has 0 bridgehead atoms. The molecule has 2 heterocycles. The Labute approximate surface area is 151 Å². The van der Waals surface area contributed by atoms with Gasteiger partial charge in [-0.25, -0.2) is 17.6 Å². The van der Waals surface area contributed by atoms with Gasteiger partial charge >= 0.3 is 0 Å². The van der Waals surface area contributed by atoms with Crippen molar-refractivity contribution in [1.82, 2.24) is 9.80 Å². The number of benzene rings is 1. The standard InChI is InChI=1S/C19H24F4N2O/c1-3-25-11-19(5-4-14(25)26)6-8-24(9-7-19)10-13-17(22)15(20)12(2)16(21)18(13)23/h3-11H2,1-2H3. The van der Waals surface area contributed by atoms with E-state index in [1.165, 1.54) is 0 Å². The molecule has 1 amide bonds. The summed E-state index contributed by atoms with van der Waals surface area (Å²) < 4.78 is 55.7. The number of hydrogen-bond acceptors (Lipinski definition) is 2. The largest absolute Gasteiger partial charge is 0.342 e. The molecule has 2 fully saturated rings. The van der Waals surface area contributed by atoms with Crippen LogP contribution in [0, 0.1) is 35.6 Å². The molecule has 3 rings (SSSR count). The topological polar surface area (TPSA) is 23.6 Å². The molecule has 0 N–H and O–H groups in total. The normalized spacial score (nSPS) is 20.8. The van der Waals surface area contributed by atoms with Crippen LogP contribution in [0.1, 0.15) is 43.7 Å². The molecule has 7 heteroatoms. The average Bonchev–Trinajstić information content (AvgIpc) is 2.65. The van der Waals surface area contributed by atoms with Crippen LogP contribution < -0.4 is 0 Å². The lowest BCUT2D eigenvalue weighted by Crippen LogP contribution is -2.51. The number of piperidine rings is 2. The SMILES string of the molecule is CCN1CC2(CCC1=O)CCN(Cc1c(F)c(F)c(C)c(F)c1F)CC2. The fourth-order valence-electron chi connectivity index (χ4n) is 4.13. The number of halogens is 4. The van der Waals surface area contributed by atoms with E-state index in [4.69, 9.17) is 0 Å². The van der Waals surface area contributed by atoms with Gasteiger partial charge in [0.15, 0.2) is 23.3 Å². The lowest BCUT2D eigenvalue weighted by molar-refractivity contribution is -0.138. The van der Waals surface area contributed by atoms with Crippen LogP contribution in [-0.4, -0.2) is 41.9 Å². The Morgan fingerprint density at radius 2 is 1.54 bits per heavy atom. The second-order valence-electron chi connectivity index (χ2n) is 7.54. The lowest BCUT2D eigenvalue weighted by atomic mass is 9.72. The zero-order valence-corrected chi connectivity index (χ0v) is 15.2. The minimum Gasteiger partial charge on any atom is -0.342 e. The number of amides is 1. The molecule has 1 spiro atoms. The van der Waals surface area contributed by atoms with Crippen LogP contribution in [-0.2, 0) is 11.3 Å². The third-order valence-corrected chi connectivity index (χ3v) is 6.00. The number of nitrogens with zero attached hydrogens (tertiary/aromatic N) is 2. The highest BCUT2D eigenvalue weighted by molar-refractivity contribution is 5.77. The van der Waals surface area contributed by atoms with E-state index in [0.29, 0.717) is 32.6 Å². The molecule has 0 aliphatic carbocycles. The Bertz CT molecular complexity index is 685. The monoisotopic (exact) mass is 372 g/mol. The molecule has 0 radical (unpaired) electrons. The minimum absolute atomic E-state index is 0.0429. The fraction of sp³-hybridized carbons (Fsp3) is 0.632. The quantitative estimate of drug-likeness (QED) is 0.596. The first-order valence-electron chi connectivity index (χ1n) is 9.09. The molecule has 0 aromatic heterocycles. The molecule has 2 saturated heterocycles. The second kappa shape index (κ2) is 7.18. The summed E-state index contributed by atoms with van der Waals surface area (Å²) in [5, 5.41) is 0. The van der Waals surface area contributed by atoms with Crippen molar-refractivity contribution in [2.24, 2.45) is 5.41 Å². The Morgan fingerprint density at radius 1 is 0.962 bits per heavy atom. The van der Waals surface area contributed by atoms with Crippen LogP contribution in [0.2, 0.25) is 0 Å². The predicted octanol–water partition coefficient (Wildman–Crippen LogP) is 3.78. The van der Waals surface area contributed by atoms with Crippen LogP contribution in [0.4, 0.5) is 17.6 Å². The first kappa shape index (κ1) is 19.1. The molecule has 1 aromatic rings. The molecule has 1 aromatic carbocycles. The summed E-state index contributed by atoms with van der Waals surface area (Å²) in [4.78, 5) is 15.6. The molecule has 26 heavy (non-hydrogen) atoms. The maximum absolute atomic E-state index is 14.1. The number of hydrogen-bond donors (Lipinski definition) is 0. The van der Waals surface area contributed by atoms with E-state index in [1.54, 1.807) is 0 Å². The van der Waals surface area contributed by atoms with Crippen LogP contribution in [0.5, 0.6) is 0 Å². The van der Waals surface area contributed by atoms with Crippen molar-refractivity contribution in [2.45, 2.75) is 46.1 Å². The molecule has 2 aliphatic heterocycles. The number of carbonyl (C=O) groups excluding carboxylic acids is 1. The van der Waals surface area contributed by atoms with Crippen molar-refractivity contribution in [3.8, 4) is 0 Å². The zero-order valence-electron chi connectivity index (χ0n) is 15.2. The van der Waals surface area contributed by atoms with Gasteiger partial charge in [-0.2, -0.15) is 0 Å². The van der Waals surface area contributed by atoms with Gasteiger partial charge in [-0.3, -0.25) is 9.69 Å². The van der Waals surface area contributed by atoms with Crippen molar-refractivity contribution < 1.29 is 22.4 Å². The molecular formula is C19H24F4N2O. The van der Waals surface area contributed by atoms with Crippen LogP contribution in [0.15, 0.2) is 0 Å². The predicted molar refractivity (Wildman–Crippen MR) is 89.4 cm³/mol. The maximum atomic E-state index is 14.1. The fourth-order valence-corrected chi connectivity index (χ4v) is 4.13. The van der Waals surface area contributed by atoms with Gasteiger partial charge in [-0.1, -0.05) is 0 Å². The highest BCUT2D eigenvalue weighted by Crippen LogP contribution is 2.40. The Morgan fingerprint density at radius 3 is 2.08 bits per heavy atom. The summed E-state index contributed by atoms with van der Waals surface area (Å²) in [5.74, 6) is -5.08. The van der Waals surface area contributed by atoms with Crippen molar-refractivity contribution >= 4 is 5.91 Å². The van der Waals surface area contributed by atoms with E-state index in [9.17, 15) is 22.4 Å². The first-order valence-corrected chi connectivity index (χ1v) is 9.09. The van der Waals surface area contributed by atoms with Crippen molar-refractivity contribution in [3.63, 3.8) is 0 Å². The van der Waals surface area contributed by atoms with Crippen LogP contribution in [0.25, 0.3) is 0 Å². The third kappa shape index (κ3) is 3.33. The molecule has 3 nitrogen and oxygen atoms in total. The Balaban J connectivity index is 1.70. The highest BCUT2D eigenvalue weighted by Gasteiger charge is 2.40. The van der Waals surface area contributed by atoms with Crippen LogP contribution in [0.3, 0.4) is 0 Å². The number of carbonyl (C=O) groups is 1. The van der Waals surface area contributed by atoms with E-state index < -0.39 is 34.4 Å². The van der Waals surface area contributed by atoms with Gasteiger partial charge in [-0.05, 0) is 51.6 Å². The third-order valence-electron chi connectivity index (χ3n) is 6.00. The van der Waals surface area contributed by atoms with Crippen LogP contribution >= 0.6 is 0 Å². The van der Waals surface area contributed by atoms with Gasteiger partial charge in [0.1, 0.15) is 0 Å². The lowest BCUT2D eigenvalue weighted by Gasteiger charge is -2.47. The smallest absolute Gasteiger partial charge is 0.222 e. The van der Waals surface area contributed by atoms with E-state index in [-0.39, 0.29) is 17.9 Å². The molecule has 0 atom stereocenters. The molecule has 144 valence electrons. The van der Waals surface area contributed by atoms with Gasteiger partial charge < -0.3 is 4.90 Å². The number of likely N-dealkylation sites (tertiary alicyclic amines) is 2. The van der Waals surface area contributed by atoms with Gasteiger partial charge in [0, 0.05) is 37.2 Å². The van der Waals surface area contributed by atoms with E-state index in [2.05, 4.69) is 0 Å². The summed E-state index contributed by atoms with van der Waals surface area (Å²) in [6.45, 7) is 5.39. The van der Waals surface area contributed by atoms with Crippen molar-refractivity contribution in [3.05, 3.63) is 34.4 Å². The van der Waals surface area contributed by atoms with E-state index >= 15 is 0 Å². The van der Waals surface area contributed by atoms with Crippen molar-refractivity contribution in [2.75, 3.05) is 26.2 Å². The zero-order chi connectivity index (χ0) is 19.1. The summed E-state index contributed by atoms with van der Waals surface area (Å²) in [6.07, 6.45) is 2.96. The van der Waals surface area contributed by atoms with Gasteiger partial charge in [0.25, 0.3) is 0 Å². The Hall–Kier alpha value is -1.63. The molecule has 0 unspecified atom stereocenters. The first-order chi connectivity index (χ1) is 12.3. The van der Waals surface area contributed by atoms with Gasteiger partial charge in [0.05, 0.1) is 0 Å². The van der Waals surface area contributed by atoms with Crippen molar-refractivity contribution in [1.29, 1.82) is 0 Å². The summed E-state index contributed by atoms with van der Waals surface area (Å²) in [6, 6.07) is 0. The maximum Gasteiger partial charge on any atom is 0.222 e. The van der Waals surface area contributed by atoms with Gasteiger partial charge in [0.2, 0.25) is 5.91 Å². The average molecular weight is 372 g/mol. The summed E-state index contributed by atoms with van der Waals surface area (Å²) in [5.41, 5.74) is -1.13. The summed E-state index contributed by atoms with van der Waals surface area (Å²) in [7, 11) is 0. The van der Waals surface area contributed by atoms with E-state index in [1.807, 2.05) is 16.7 Å². The Kier molecular flexibility index (Phi) is 5.28. The molecular weight excluding hydrogens is 348 g/mol. The number of rotatable bonds is 3. The highest BCUT2D eigenvalue weighted by atomic mass is 19.2.